The van der Waals surface area contributed by atoms with Crippen molar-refractivity contribution >= 4 is 35.0 Å². The lowest BCUT2D eigenvalue weighted by molar-refractivity contribution is 0.0698. The Hall–Kier alpha value is -2.60. The minimum absolute atomic E-state index is 0.0359. The van der Waals surface area contributed by atoms with E-state index < -0.39 is 12.0 Å². The van der Waals surface area contributed by atoms with Gasteiger partial charge >= 0.3 is 12.0 Å². The number of amides is 2. The Labute approximate surface area is 119 Å². The Morgan fingerprint density at radius 1 is 1.10 bits per heavy atom. The Kier molecular flexibility index (Phi) is 4.17. The number of rotatable bonds is 3. The van der Waals surface area contributed by atoms with E-state index in [9.17, 15) is 9.59 Å². The molecule has 0 aliphatic carbocycles. The number of urea groups is 1. The number of carbonyl (C=O) groups excluding carboxylic acids is 1. The fourth-order valence-electron chi connectivity index (χ4n) is 1.50. The largest absolute Gasteiger partial charge is 0.478 e. The smallest absolute Gasteiger partial charge is 0.337 e. The molecule has 0 aliphatic heterocycles. The van der Waals surface area contributed by atoms with Crippen LogP contribution in [0.15, 0.2) is 42.7 Å². The minimum atomic E-state index is -1.14. The van der Waals surface area contributed by atoms with E-state index >= 15 is 0 Å². The molecule has 0 saturated carbocycles. The van der Waals surface area contributed by atoms with E-state index in [1.54, 1.807) is 24.3 Å². The van der Waals surface area contributed by atoms with E-state index in [4.69, 9.17) is 16.7 Å². The lowest BCUT2D eigenvalue weighted by atomic mass is 10.2. The first-order chi connectivity index (χ1) is 9.56. The Balaban J connectivity index is 2.08. The monoisotopic (exact) mass is 291 g/mol. The van der Waals surface area contributed by atoms with Crippen LogP contribution >= 0.6 is 11.6 Å². The predicted octanol–water partition coefficient (Wildman–Crippen LogP) is 3.08. The molecule has 3 N–H and O–H groups in total. The molecule has 0 aliphatic rings. The number of nitrogens with zero attached hydrogens (tertiary/aromatic N) is 1. The third kappa shape index (κ3) is 3.46. The maximum Gasteiger partial charge on any atom is 0.337 e. The van der Waals surface area contributed by atoms with Gasteiger partial charge in [-0.05, 0) is 30.3 Å². The number of pyridine rings is 1. The average Bonchev–Trinajstić information content (AvgIpc) is 2.41. The molecule has 0 radical (unpaired) electrons. The van der Waals surface area contributed by atoms with E-state index in [0.717, 1.165) is 0 Å². The summed E-state index contributed by atoms with van der Waals surface area (Å²) in [7, 11) is 0. The fraction of sp³-hybridized carbons (Fsp3) is 0. The summed E-state index contributed by atoms with van der Waals surface area (Å²) in [6.45, 7) is 0. The number of carbonyl (C=O) groups is 2. The first-order valence-electron chi connectivity index (χ1n) is 5.57. The molecule has 2 amide bonds. The molecule has 0 unspecified atom stereocenters. The van der Waals surface area contributed by atoms with Gasteiger partial charge in [0.25, 0.3) is 0 Å². The number of nitrogens with one attached hydrogen (secondary N) is 2. The van der Waals surface area contributed by atoms with Crippen LogP contribution in [-0.2, 0) is 0 Å². The quantitative estimate of drug-likeness (QED) is 0.810. The number of carboxylic acids is 1. The molecular formula is C13H10ClN3O3. The average molecular weight is 292 g/mol. The molecule has 0 saturated heterocycles. The summed E-state index contributed by atoms with van der Waals surface area (Å²) in [6.07, 6.45) is 2.61. The minimum Gasteiger partial charge on any atom is -0.478 e. The van der Waals surface area contributed by atoms with E-state index in [0.29, 0.717) is 10.7 Å². The molecule has 1 heterocycles. The fourth-order valence-corrected chi connectivity index (χ4v) is 1.62. The van der Waals surface area contributed by atoms with Crippen molar-refractivity contribution in [1.82, 2.24) is 4.98 Å². The number of aromatic nitrogens is 1. The number of hydrogen-bond acceptors (Lipinski definition) is 3. The molecule has 0 spiro atoms. The SMILES string of the molecule is O=C(Nc1ccc(Cl)cc1)Nc1cnccc1C(=O)O. The maximum atomic E-state index is 11.8. The highest BCUT2D eigenvalue weighted by Gasteiger charge is 2.12. The summed E-state index contributed by atoms with van der Waals surface area (Å²) in [5, 5.41) is 14.5. The zero-order valence-electron chi connectivity index (χ0n) is 10.1. The molecule has 6 nitrogen and oxygen atoms in total. The molecule has 2 aromatic rings. The van der Waals surface area contributed by atoms with Crippen molar-refractivity contribution in [3.05, 3.63) is 53.3 Å². The van der Waals surface area contributed by atoms with Crippen LogP contribution in [0.2, 0.25) is 5.02 Å². The van der Waals surface area contributed by atoms with Gasteiger partial charge in [0, 0.05) is 16.9 Å². The van der Waals surface area contributed by atoms with Crippen LogP contribution in [-0.4, -0.2) is 22.1 Å². The van der Waals surface area contributed by atoms with Crippen LogP contribution < -0.4 is 10.6 Å². The molecule has 1 aromatic heterocycles. The van der Waals surface area contributed by atoms with Gasteiger partial charge in [-0.15, -0.1) is 0 Å². The van der Waals surface area contributed by atoms with Crippen molar-refractivity contribution < 1.29 is 14.7 Å². The van der Waals surface area contributed by atoms with E-state index in [2.05, 4.69) is 15.6 Å². The van der Waals surface area contributed by atoms with Crippen LogP contribution in [0.25, 0.3) is 0 Å². The molecule has 0 fully saturated rings. The van der Waals surface area contributed by atoms with Crippen LogP contribution in [0, 0.1) is 0 Å². The predicted molar refractivity (Wildman–Crippen MR) is 75.3 cm³/mol. The second-order valence-electron chi connectivity index (χ2n) is 3.81. The Bertz CT molecular complexity index is 644. The van der Waals surface area contributed by atoms with Gasteiger partial charge in [0.15, 0.2) is 0 Å². The topological polar surface area (TPSA) is 91.3 Å². The molecular weight excluding hydrogens is 282 g/mol. The molecule has 2 rings (SSSR count). The molecule has 102 valence electrons. The number of benzene rings is 1. The highest BCUT2D eigenvalue weighted by atomic mass is 35.5. The van der Waals surface area contributed by atoms with Gasteiger partial charge in [0.2, 0.25) is 0 Å². The summed E-state index contributed by atoms with van der Waals surface area (Å²) >= 11 is 5.73. The lowest BCUT2D eigenvalue weighted by Crippen LogP contribution is -2.21. The second kappa shape index (κ2) is 6.03. The number of anilines is 2. The number of hydrogen-bond donors (Lipinski definition) is 3. The van der Waals surface area contributed by atoms with Crippen LogP contribution in [0.4, 0.5) is 16.2 Å². The van der Waals surface area contributed by atoms with Crippen LogP contribution in [0.3, 0.4) is 0 Å². The number of halogens is 1. The van der Waals surface area contributed by atoms with Gasteiger partial charge in [-0.2, -0.15) is 0 Å². The normalized spacial score (nSPS) is 9.85. The van der Waals surface area contributed by atoms with E-state index in [1.165, 1.54) is 18.5 Å². The Morgan fingerprint density at radius 3 is 2.45 bits per heavy atom. The standard InChI is InChI=1S/C13H10ClN3O3/c14-8-1-3-9(4-2-8)16-13(20)17-11-7-15-6-5-10(11)12(18)19/h1-7H,(H,18,19)(H2,16,17,20). The maximum absolute atomic E-state index is 11.8. The van der Waals surface area contributed by atoms with Gasteiger partial charge in [0.05, 0.1) is 17.4 Å². The van der Waals surface area contributed by atoms with Gasteiger partial charge in [0.1, 0.15) is 0 Å². The first-order valence-corrected chi connectivity index (χ1v) is 5.95. The summed E-state index contributed by atoms with van der Waals surface area (Å²) < 4.78 is 0. The van der Waals surface area contributed by atoms with Crippen molar-refractivity contribution in [3.8, 4) is 0 Å². The van der Waals surface area contributed by atoms with Crippen molar-refractivity contribution in [2.75, 3.05) is 10.6 Å². The van der Waals surface area contributed by atoms with Crippen LogP contribution in [0.1, 0.15) is 10.4 Å². The first kappa shape index (κ1) is 13.8. The zero-order chi connectivity index (χ0) is 14.5. The third-order valence-corrected chi connectivity index (χ3v) is 2.65. The van der Waals surface area contributed by atoms with Gasteiger partial charge in [-0.3, -0.25) is 4.98 Å². The second-order valence-corrected chi connectivity index (χ2v) is 4.25. The lowest BCUT2D eigenvalue weighted by Gasteiger charge is -2.09. The summed E-state index contributed by atoms with van der Waals surface area (Å²) in [5.74, 6) is -1.14. The summed E-state index contributed by atoms with van der Waals surface area (Å²) in [6, 6.07) is 7.25. The highest BCUT2D eigenvalue weighted by molar-refractivity contribution is 6.30. The highest BCUT2D eigenvalue weighted by Crippen LogP contribution is 2.16. The van der Waals surface area contributed by atoms with Crippen molar-refractivity contribution in [1.29, 1.82) is 0 Å². The van der Waals surface area contributed by atoms with Gasteiger partial charge in [-0.25, -0.2) is 9.59 Å². The summed E-state index contributed by atoms with van der Waals surface area (Å²) in [4.78, 5) is 26.5. The number of aromatic carboxylic acids is 1. The number of carboxylic acid groups (broad SMARTS) is 1. The van der Waals surface area contributed by atoms with Crippen molar-refractivity contribution in [2.45, 2.75) is 0 Å². The molecule has 0 atom stereocenters. The van der Waals surface area contributed by atoms with Crippen molar-refractivity contribution in [2.24, 2.45) is 0 Å². The third-order valence-electron chi connectivity index (χ3n) is 2.40. The van der Waals surface area contributed by atoms with E-state index in [-0.39, 0.29) is 11.3 Å². The van der Waals surface area contributed by atoms with Crippen molar-refractivity contribution in [3.63, 3.8) is 0 Å². The van der Waals surface area contributed by atoms with Crippen LogP contribution in [0.5, 0.6) is 0 Å². The van der Waals surface area contributed by atoms with Gasteiger partial charge in [-0.1, -0.05) is 11.6 Å². The molecule has 20 heavy (non-hydrogen) atoms. The molecule has 7 heteroatoms. The van der Waals surface area contributed by atoms with Gasteiger partial charge < -0.3 is 15.7 Å². The van der Waals surface area contributed by atoms with E-state index in [1.807, 2.05) is 0 Å². The molecule has 1 aromatic carbocycles. The summed E-state index contributed by atoms with van der Waals surface area (Å²) in [5.41, 5.74) is 0.616. The molecule has 0 bridgehead atoms. The Morgan fingerprint density at radius 2 is 1.80 bits per heavy atom. The zero-order valence-corrected chi connectivity index (χ0v) is 10.9.